The van der Waals surface area contributed by atoms with Gasteiger partial charge in [-0.1, -0.05) is 0 Å². The number of rotatable bonds is 0. The fraction of sp³-hybridized carbons (Fsp3) is 1.00. The van der Waals surface area contributed by atoms with Crippen molar-refractivity contribution in [3.8, 4) is 0 Å². The molecule has 0 aliphatic carbocycles. The van der Waals surface area contributed by atoms with Gasteiger partial charge in [0.1, 0.15) is 0 Å². The maximum atomic E-state index is 4.95. The number of halogens is 6. The summed E-state index contributed by atoms with van der Waals surface area (Å²) in [6, 6.07) is 0. The van der Waals surface area contributed by atoms with E-state index in [2.05, 4.69) is 0 Å². The molecule has 0 atom stereocenters. The minimum absolute atomic E-state index is 1.01. The Hall–Kier alpha value is 4.93. The zero-order chi connectivity index (χ0) is 18.5. The van der Waals surface area contributed by atoms with Crippen molar-refractivity contribution in [1.82, 2.24) is 0 Å². The van der Waals surface area contributed by atoms with Gasteiger partial charge in [0.15, 0.2) is 0 Å². The SMILES string of the molecule is C1C[Se]CCC[Se]CCC[Se]CCC[Se]C1.Cl[As](Cl)Cl.Cl[As](Cl)Cl. The van der Waals surface area contributed by atoms with Crippen molar-refractivity contribution in [1.29, 1.82) is 0 Å². The zero-order valence-electron chi connectivity index (χ0n) is 13.3. The predicted molar refractivity (Wildman–Crippen MR) is 127 cm³/mol. The Morgan fingerprint density at radius 1 is 0.375 bits per heavy atom. The van der Waals surface area contributed by atoms with Crippen LogP contribution in [0, 0.1) is 0 Å². The molecule has 0 N–H and O–H groups in total. The van der Waals surface area contributed by atoms with E-state index in [4.69, 9.17) is 59.7 Å². The Morgan fingerprint density at radius 3 is 0.625 bits per heavy atom. The van der Waals surface area contributed by atoms with Crippen LogP contribution in [0.3, 0.4) is 0 Å². The molecule has 12 heteroatoms. The molecule has 1 heterocycles. The third-order valence-corrected chi connectivity index (χ3v) is 12.0. The van der Waals surface area contributed by atoms with E-state index in [9.17, 15) is 0 Å². The Kier molecular flexibility index (Phi) is 36.2. The molecule has 0 unspecified atom stereocenters. The molecular formula is C12H24As2Cl6Se4. The van der Waals surface area contributed by atoms with Crippen molar-refractivity contribution in [2.75, 3.05) is 0 Å². The first-order valence-corrected chi connectivity index (χ1v) is 31.8. The first-order valence-electron chi connectivity index (χ1n) is 7.32. The van der Waals surface area contributed by atoms with Crippen molar-refractivity contribution in [3.63, 3.8) is 0 Å². The third kappa shape index (κ3) is 41.3. The Bertz CT molecular complexity index is 158. The van der Waals surface area contributed by atoms with Crippen molar-refractivity contribution < 1.29 is 0 Å². The second-order valence-electron chi connectivity index (χ2n) is 4.25. The first-order chi connectivity index (χ1) is 11.5. The summed E-state index contributed by atoms with van der Waals surface area (Å²) in [5.74, 6) is 0. The van der Waals surface area contributed by atoms with Gasteiger partial charge in [0.2, 0.25) is 0 Å². The van der Waals surface area contributed by atoms with Crippen molar-refractivity contribution in [3.05, 3.63) is 0 Å². The van der Waals surface area contributed by atoms with Crippen LogP contribution in [-0.2, 0) is 0 Å². The molecule has 0 bridgehead atoms. The van der Waals surface area contributed by atoms with E-state index in [0.717, 1.165) is 59.8 Å². The maximum absolute atomic E-state index is 4.95. The van der Waals surface area contributed by atoms with Gasteiger partial charge in [0.05, 0.1) is 0 Å². The van der Waals surface area contributed by atoms with Crippen LogP contribution >= 0.6 is 59.7 Å². The van der Waals surface area contributed by atoms with Crippen LogP contribution in [-0.4, -0.2) is 83.5 Å². The van der Waals surface area contributed by atoms with Gasteiger partial charge in [-0.3, -0.25) is 0 Å². The quantitative estimate of drug-likeness (QED) is 0.229. The summed E-state index contributed by atoms with van der Waals surface area (Å²) in [4.78, 5) is 0. The Balaban J connectivity index is 0. The number of hydrogen-bond acceptors (Lipinski definition) is 0. The van der Waals surface area contributed by atoms with Crippen LogP contribution in [0.1, 0.15) is 25.7 Å². The summed E-state index contributed by atoms with van der Waals surface area (Å²) in [6.07, 6.45) is 6.26. The van der Waals surface area contributed by atoms with E-state index < -0.39 is 23.7 Å². The van der Waals surface area contributed by atoms with Gasteiger partial charge in [-0.2, -0.15) is 0 Å². The van der Waals surface area contributed by atoms with E-state index in [1.54, 1.807) is 68.2 Å². The molecule has 0 aromatic carbocycles. The molecule has 0 nitrogen and oxygen atoms in total. The topological polar surface area (TPSA) is 0 Å². The summed E-state index contributed by atoms with van der Waals surface area (Å²) in [5.41, 5.74) is 0. The summed E-state index contributed by atoms with van der Waals surface area (Å²) in [7, 11) is 29.7. The summed E-state index contributed by atoms with van der Waals surface area (Å²) in [5, 5.41) is 12.7. The Labute approximate surface area is 208 Å². The molecule has 1 aliphatic heterocycles. The minimum atomic E-state index is -1.77. The summed E-state index contributed by atoms with van der Waals surface area (Å²) >= 11 is 0.483. The predicted octanol–water partition coefficient (Wildman–Crippen LogP) is 7.10. The molecule has 1 fully saturated rings. The molecule has 0 amide bonds. The van der Waals surface area contributed by atoms with Crippen LogP contribution in [0.5, 0.6) is 0 Å². The Morgan fingerprint density at radius 2 is 0.500 bits per heavy atom. The molecular weight excluding hydrogens is 823 g/mol. The van der Waals surface area contributed by atoms with Crippen molar-refractivity contribution >= 4 is 143 Å². The average molecular weight is 847 g/mol. The van der Waals surface area contributed by atoms with E-state index in [1.807, 2.05) is 0 Å². The molecule has 1 rings (SSSR count). The normalized spacial score (nSPS) is 19.0. The van der Waals surface area contributed by atoms with Gasteiger partial charge in [-0.15, -0.1) is 0 Å². The molecule has 0 aromatic rings. The molecule has 24 heavy (non-hydrogen) atoms. The molecule has 0 saturated carbocycles. The zero-order valence-corrected chi connectivity index (χ0v) is 28.4. The molecule has 1 aliphatic rings. The van der Waals surface area contributed by atoms with Crippen LogP contribution in [0.4, 0.5) is 0 Å². The summed E-state index contributed by atoms with van der Waals surface area (Å²) in [6.45, 7) is 0. The first kappa shape index (κ1) is 31.1. The molecule has 0 aromatic heterocycles. The second kappa shape index (κ2) is 27.9. The van der Waals surface area contributed by atoms with Crippen molar-refractivity contribution in [2.45, 2.75) is 68.2 Å². The van der Waals surface area contributed by atoms with Gasteiger partial charge < -0.3 is 0 Å². The van der Waals surface area contributed by atoms with Crippen LogP contribution in [0.25, 0.3) is 0 Å². The third-order valence-electron chi connectivity index (χ3n) is 2.31. The van der Waals surface area contributed by atoms with Gasteiger partial charge in [-0.25, -0.2) is 0 Å². The van der Waals surface area contributed by atoms with Crippen LogP contribution in [0.15, 0.2) is 0 Å². The van der Waals surface area contributed by atoms with E-state index in [0.29, 0.717) is 0 Å². The van der Waals surface area contributed by atoms with Crippen molar-refractivity contribution in [2.24, 2.45) is 0 Å². The molecule has 0 radical (unpaired) electrons. The van der Waals surface area contributed by atoms with Gasteiger partial charge in [0, 0.05) is 0 Å². The van der Waals surface area contributed by atoms with E-state index in [1.165, 1.54) is 0 Å². The standard InChI is InChI=1S/C12H24Se4.2AsCl3/c1-5-13-7-2-9-15-11-4-12-16-10-3-8-14-6-1;2*2-1(3)4/h1-12H2;;. The monoisotopic (exact) mass is 848 g/mol. The van der Waals surface area contributed by atoms with Crippen LogP contribution < -0.4 is 0 Å². The average Bonchev–Trinajstić information content (AvgIpc) is 2.46. The van der Waals surface area contributed by atoms with E-state index >= 15 is 0 Å². The fourth-order valence-corrected chi connectivity index (χ4v) is 12.7. The van der Waals surface area contributed by atoms with E-state index in [-0.39, 0.29) is 0 Å². The van der Waals surface area contributed by atoms with Gasteiger partial charge in [0.25, 0.3) is 0 Å². The molecule has 148 valence electrons. The van der Waals surface area contributed by atoms with Gasteiger partial charge >= 0.3 is 211 Å². The van der Waals surface area contributed by atoms with Gasteiger partial charge in [-0.05, 0) is 0 Å². The second-order valence-corrected chi connectivity index (χ2v) is 32.1. The molecule has 1 saturated heterocycles. The fourth-order valence-electron chi connectivity index (χ4n) is 1.46. The number of hydrogen-bond donors (Lipinski definition) is 0. The summed E-state index contributed by atoms with van der Waals surface area (Å²) < 4.78 is 0. The van der Waals surface area contributed by atoms with Crippen LogP contribution in [0.2, 0.25) is 42.6 Å². The molecule has 0 spiro atoms.